The van der Waals surface area contributed by atoms with Crippen molar-refractivity contribution in [2.75, 3.05) is 17.7 Å². The fourth-order valence-corrected chi connectivity index (χ4v) is 4.49. The van der Waals surface area contributed by atoms with Gasteiger partial charge in [0.15, 0.2) is 0 Å². The largest absolute Gasteiger partial charge is 0.458 e. The van der Waals surface area contributed by atoms with Crippen LogP contribution in [0.4, 0.5) is 5.69 Å². The van der Waals surface area contributed by atoms with Crippen molar-refractivity contribution >= 4 is 40.9 Å². The van der Waals surface area contributed by atoms with Gasteiger partial charge in [0.2, 0.25) is 5.91 Å². The summed E-state index contributed by atoms with van der Waals surface area (Å²) < 4.78 is 5.29. The molecule has 0 saturated heterocycles. The molecule has 2 N–H and O–H groups in total. The van der Waals surface area contributed by atoms with Gasteiger partial charge in [-0.05, 0) is 43.7 Å². The molecule has 0 aliphatic carbocycles. The predicted octanol–water partition coefficient (Wildman–Crippen LogP) is 5.45. The van der Waals surface area contributed by atoms with Crippen molar-refractivity contribution < 1.29 is 14.3 Å². The van der Waals surface area contributed by atoms with Gasteiger partial charge in [-0.15, -0.1) is 0 Å². The maximum absolute atomic E-state index is 12.9. The molecule has 1 heterocycles. The third-order valence-electron chi connectivity index (χ3n) is 5.09. The highest BCUT2D eigenvalue weighted by Crippen LogP contribution is 2.41. The molecule has 34 heavy (non-hydrogen) atoms. The fourth-order valence-electron chi connectivity index (χ4n) is 3.47. The van der Waals surface area contributed by atoms with E-state index in [2.05, 4.69) is 23.3 Å². The summed E-state index contributed by atoms with van der Waals surface area (Å²) in [6, 6.07) is 16.7. The molecule has 1 amide bonds. The number of allylic oxidation sites excluding steroid dienone is 2. The molecule has 6 nitrogen and oxygen atoms in total. The highest BCUT2D eigenvalue weighted by molar-refractivity contribution is 8.03. The number of anilines is 1. The topological polar surface area (TPSA) is 91.2 Å². The zero-order valence-corrected chi connectivity index (χ0v) is 20.4. The molecule has 0 saturated carbocycles. The number of nitrogens with zero attached hydrogens (tertiary/aromatic N) is 1. The van der Waals surface area contributed by atoms with Gasteiger partial charge in [0.25, 0.3) is 0 Å². The molecule has 174 valence electrons. The standard InChI is InChI=1S/C26H24ClN3O3S/c1-4-13-33-26(32)23-17(3)29-25(21(14-28)24(23)18-7-9-19(27)10-8-18)34-15-22(31)30-20-11-5-16(2)6-12-20/h4-12,24,29H,1,13,15H2,2-3H3,(H,30,31). The molecule has 2 aromatic rings. The van der Waals surface area contributed by atoms with Crippen LogP contribution in [0.25, 0.3) is 0 Å². The Kier molecular flexibility index (Phi) is 8.58. The molecular formula is C26H24ClN3O3S. The zero-order chi connectivity index (χ0) is 24.7. The van der Waals surface area contributed by atoms with Gasteiger partial charge in [0.05, 0.1) is 33.9 Å². The predicted molar refractivity (Wildman–Crippen MR) is 136 cm³/mol. The molecule has 1 aliphatic heterocycles. The lowest BCUT2D eigenvalue weighted by atomic mass is 9.82. The third kappa shape index (κ3) is 6.10. The van der Waals surface area contributed by atoms with E-state index in [0.29, 0.717) is 32.6 Å². The second-order valence-corrected chi connectivity index (χ2v) is 9.01. The van der Waals surface area contributed by atoms with Gasteiger partial charge in [-0.3, -0.25) is 4.79 Å². The van der Waals surface area contributed by atoms with Crippen molar-refractivity contribution in [2.24, 2.45) is 0 Å². The van der Waals surface area contributed by atoms with Crippen molar-refractivity contribution in [3.05, 3.63) is 99.2 Å². The fraction of sp³-hybridized carbons (Fsp3) is 0.192. The van der Waals surface area contributed by atoms with Crippen molar-refractivity contribution in [1.82, 2.24) is 5.32 Å². The lowest BCUT2D eigenvalue weighted by Gasteiger charge is -2.29. The minimum Gasteiger partial charge on any atom is -0.458 e. The van der Waals surface area contributed by atoms with Crippen LogP contribution in [0.15, 0.2) is 83.1 Å². The van der Waals surface area contributed by atoms with Crippen molar-refractivity contribution in [2.45, 2.75) is 19.8 Å². The number of amides is 1. The number of thioether (sulfide) groups is 1. The van der Waals surface area contributed by atoms with E-state index in [0.717, 1.165) is 11.1 Å². The molecule has 0 spiro atoms. The SMILES string of the molecule is C=CCOC(=O)C1=C(C)NC(SCC(=O)Nc2ccc(C)cc2)=C(C#N)C1c1ccc(Cl)cc1. The average molecular weight is 494 g/mol. The minimum absolute atomic E-state index is 0.0509. The molecule has 2 aromatic carbocycles. The number of halogens is 1. The Morgan fingerprint density at radius 3 is 2.50 bits per heavy atom. The molecule has 8 heteroatoms. The number of carbonyl (C=O) groups is 2. The summed E-state index contributed by atoms with van der Waals surface area (Å²) in [5, 5.41) is 17.1. The van der Waals surface area contributed by atoms with E-state index in [1.54, 1.807) is 31.2 Å². The van der Waals surface area contributed by atoms with E-state index >= 15 is 0 Å². The first-order chi connectivity index (χ1) is 16.3. The Morgan fingerprint density at radius 2 is 1.88 bits per heavy atom. The Hall–Kier alpha value is -3.47. The summed E-state index contributed by atoms with van der Waals surface area (Å²) in [5.41, 5.74) is 3.72. The van der Waals surface area contributed by atoms with Crippen LogP contribution >= 0.6 is 23.4 Å². The summed E-state index contributed by atoms with van der Waals surface area (Å²) in [5.74, 6) is -1.33. The van der Waals surface area contributed by atoms with Crippen LogP contribution in [-0.4, -0.2) is 24.2 Å². The molecule has 0 radical (unpaired) electrons. The Bertz CT molecular complexity index is 1200. The number of dihydropyridines is 1. The van der Waals surface area contributed by atoms with Crippen LogP contribution < -0.4 is 10.6 Å². The maximum Gasteiger partial charge on any atom is 0.337 e. The molecule has 1 aliphatic rings. The second-order valence-electron chi connectivity index (χ2n) is 7.59. The van der Waals surface area contributed by atoms with E-state index in [4.69, 9.17) is 16.3 Å². The van der Waals surface area contributed by atoms with Crippen molar-refractivity contribution in [3.8, 4) is 6.07 Å². The second kappa shape index (κ2) is 11.6. The van der Waals surface area contributed by atoms with Gasteiger partial charge < -0.3 is 15.4 Å². The number of nitrogens with one attached hydrogen (secondary N) is 2. The highest BCUT2D eigenvalue weighted by atomic mass is 35.5. The quantitative estimate of drug-likeness (QED) is 0.375. The van der Waals surface area contributed by atoms with Crippen LogP contribution in [0, 0.1) is 18.3 Å². The first-order valence-corrected chi connectivity index (χ1v) is 11.8. The smallest absolute Gasteiger partial charge is 0.337 e. The number of rotatable bonds is 8. The lowest BCUT2D eigenvalue weighted by Crippen LogP contribution is -2.29. The van der Waals surface area contributed by atoms with Gasteiger partial charge in [-0.2, -0.15) is 5.26 Å². The Morgan fingerprint density at radius 1 is 1.21 bits per heavy atom. The molecule has 1 atom stereocenters. The minimum atomic E-state index is -0.663. The first-order valence-electron chi connectivity index (χ1n) is 10.5. The maximum atomic E-state index is 12.9. The normalized spacial score (nSPS) is 15.3. The number of esters is 1. The first kappa shape index (κ1) is 25.2. The summed E-state index contributed by atoms with van der Waals surface area (Å²) >= 11 is 7.26. The number of carbonyl (C=O) groups excluding carboxylic acids is 2. The van der Waals surface area contributed by atoms with Crippen LogP contribution in [-0.2, 0) is 14.3 Å². The number of hydrogen-bond acceptors (Lipinski definition) is 6. The van der Waals surface area contributed by atoms with Crippen LogP contribution in [0.5, 0.6) is 0 Å². The van der Waals surface area contributed by atoms with E-state index < -0.39 is 11.9 Å². The summed E-state index contributed by atoms with van der Waals surface area (Å²) in [7, 11) is 0. The van der Waals surface area contributed by atoms with Gasteiger partial charge in [-0.25, -0.2) is 4.79 Å². The van der Waals surface area contributed by atoms with Gasteiger partial charge in [0.1, 0.15) is 6.61 Å². The zero-order valence-electron chi connectivity index (χ0n) is 18.9. The average Bonchev–Trinajstić information content (AvgIpc) is 2.82. The molecule has 0 aromatic heterocycles. The lowest BCUT2D eigenvalue weighted by molar-refractivity contribution is -0.138. The number of benzene rings is 2. The summed E-state index contributed by atoms with van der Waals surface area (Å²) in [6.45, 7) is 7.34. The monoisotopic (exact) mass is 493 g/mol. The van der Waals surface area contributed by atoms with E-state index in [-0.39, 0.29) is 18.3 Å². The number of aryl methyl sites for hydroxylation is 1. The van der Waals surface area contributed by atoms with E-state index in [1.165, 1.54) is 17.8 Å². The molecule has 3 rings (SSSR count). The van der Waals surface area contributed by atoms with Crippen LogP contribution in [0.1, 0.15) is 24.0 Å². The van der Waals surface area contributed by atoms with Gasteiger partial charge in [0, 0.05) is 16.4 Å². The number of nitriles is 1. The number of ether oxygens (including phenoxy) is 1. The van der Waals surface area contributed by atoms with Crippen molar-refractivity contribution in [1.29, 1.82) is 5.26 Å². The number of hydrogen-bond donors (Lipinski definition) is 2. The van der Waals surface area contributed by atoms with Gasteiger partial charge in [-0.1, -0.05) is 65.8 Å². The molecule has 0 fully saturated rings. The van der Waals surface area contributed by atoms with Gasteiger partial charge >= 0.3 is 5.97 Å². The molecular weight excluding hydrogens is 470 g/mol. The summed E-state index contributed by atoms with van der Waals surface area (Å²) in [4.78, 5) is 25.4. The van der Waals surface area contributed by atoms with Crippen LogP contribution in [0.2, 0.25) is 5.02 Å². The molecule has 1 unspecified atom stereocenters. The Labute approximate surface area is 208 Å². The molecule has 0 bridgehead atoms. The van der Waals surface area contributed by atoms with E-state index in [1.807, 2.05) is 31.2 Å². The van der Waals surface area contributed by atoms with Crippen LogP contribution in [0.3, 0.4) is 0 Å². The summed E-state index contributed by atoms with van der Waals surface area (Å²) in [6.07, 6.45) is 1.48. The van der Waals surface area contributed by atoms with E-state index in [9.17, 15) is 14.9 Å². The highest BCUT2D eigenvalue weighted by Gasteiger charge is 2.35. The third-order valence-corrected chi connectivity index (χ3v) is 6.36. The van der Waals surface area contributed by atoms with Crippen molar-refractivity contribution in [3.63, 3.8) is 0 Å². The Balaban J connectivity index is 1.88.